The summed E-state index contributed by atoms with van der Waals surface area (Å²) >= 11 is 6.07. The van der Waals surface area contributed by atoms with E-state index >= 15 is 0 Å². The smallest absolute Gasteiger partial charge is 0.285 e. The Morgan fingerprint density at radius 1 is 1.28 bits per heavy atom. The number of hydrogen-bond acceptors (Lipinski definition) is 3. The molecule has 1 aliphatic heterocycles. The van der Waals surface area contributed by atoms with E-state index in [2.05, 4.69) is 21.2 Å². The summed E-state index contributed by atoms with van der Waals surface area (Å²) in [6.45, 7) is 0.849. The number of benzene rings is 1. The van der Waals surface area contributed by atoms with Crippen LogP contribution in [0.4, 0.5) is 11.4 Å². The number of para-hydroxylation sites is 1. The van der Waals surface area contributed by atoms with Crippen LogP contribution in [0.25, 0.3) is 0 Å². The average Bonchev–Trinajstić information content (AvgIpc) is 2.41. The molecule has 0 aliphatic carbocycles. The van der Waals surface area contributed by atoms with E-state index in [9.17, 15) is 4.79 Å². The number of fused-ring (bicyclic) bond motifs is 1. The standard InChI is InChI=1S/C13H12ClN3O/c14-12-11(8-15-16-13(12)18)17-7-3-5-9-4-1-2-6-10(9)17/h1-2,4,6,8H,3,5,7H2,(H,16,18). The summed E-state index contributed by atoms with van der Waals surface area (Å²) in [6.07, 6.45) is 3.70. The van der Waals surface area contributed by atoms with Gasteiger partial charge in [-0.25, -0.2) is 5.10 Å². The zero-order valence-electron chi connectivity index (χ0n) is 9.69. The van der Waals surface area contributed by atoms with Gasteiger partial charge in [-0.05, 0) is 24.5 Å². The fraction of sp³-hybridized carbons (Fsp3) is 0.231. The minimum absolute atomic E-state index is 0.196. The van der Waals surface area contributed by atoms with Crippen molar-refractivity contribution in [2.75, 3.05) is 11.4 Å². The number of rotatable bonds is 1. The van der Waals surface area contributed by atoms with Gasteiger partial charge in [0.05, 0.1) is 11.9 Å². The minimum atomic E-state index is -0.350. The fourth-order valence-corrected chi connectivity index (χ4v) is 2.54. The Hall–Kier alpha value is -1.81. The molecular weight excluding hydrogens is 250 g/mol. The lowest BCUT2D eigenvalue weighted by molar-refractivity contribution is 0.763. The molecule has 2 heterocycles. The van der Waals surface area contributed by atoms with Gasteiger partial charge in [0.2, 0.25) is 0 Å². The molecule has 3 rings (SSSR count). The lowest BCUT2D eigenvalue weighted by Gasteiger charge is -2.31. The molecule has 1 aliphatic rings. The van der Waals surface area contributed by atoms with Gasteiger partial charge in [-0.15, -0.1) is 0 Å². The molecule has 0 fully saturated rings. The third kappa shape index (κ3) is 1.78. The van der Waals surface area contributed by atoms with Gasteiger partial charge in [-0.3, -0.25) is 4.79 Å². The zero-order chi connectivity index (χ0) is 12.5. The molecule has 1 aromatic heterocycles. The van der Waals surface area contributed by atoms with Crippen molar-refractivity contribution in [3.8, 4) is 0 Å². The van der Waals surface area contributed by atoms with Crippen LogP contribution in [0.3, 0.4) is 0 Å². The van der Waals surface area contributed by atoms with Crippen molar-refractivity contribution in [2.24, 2.45) is 0 Å². The van der Waals surface area contributed by atoms with E-state index in [1.54, 1.807) is 6.20 Å². The number of nitrogens with one attached hydrogen (secondary N) is 1. The average molecular weight is 262 g/mol. The number of hydrogen-bond donors (Lipinski definition) is 1. The second kappa shape index (κ2) is 4.46. The lowest BCUT2D eigenvalue weighted by atomic mass is 10.0. The maximum Gasteiger partial charge on any atom is 0.285 e. The minimum Gasteiger partial charge on any atom is -0.339 e. The molecule has 0 bridgehead atoms. The SMILES string of the molecule is O=c1[nH]ncc(N2CCCc3ccccc32)c1Cl. The second-order valence-corrected chi connectivity index (χ2v) is 4.66. The molecule has 1 aromatic carbocycles. The molecule has 0 atom stereocenters. The molecule has 18 heavy (non-hydrogen) atoms. The third-order valence-corrected chi connectivity index (χ3v) is 3.54. The van der Waals surface area contributed by atoms with Gasteiger partial charge in [0, 0.05) is 12.2 Å². The maximum atomic E-state index is 11.5. The van der Waals surface area contributed by atoms with E-state index in [-0.39, 0.29) is 10.6 Å². The molecule has 5 heteroatoms. The Morgan fingerprint density at radius 3 is 3.00 bits per heavy atom. The highest BCUT2D eigenvalue weighted by Crippen LogP contribution is 2.34. The molecule has 2 aromatic rings. The maximum absolute atomic E-state index is 11.5. The number of aromatic amines is 1. The van der Waals surface area contributed by atoms with E-state index in [4.69, 9.17) is 11.6 Å². The normalized spacial score (nSPS) is 14.4. The van der Waals surface area contributed by atoms with Crippen molar-refractivity contribution < 1.29 is 0 Å². The van der Waals surface area contributed by atoms with Crippen LogP contribution in [0, 0.1) is 0 Å². The molecule has 92 valence electrons. The first-order valence-electron chi connectivity index (χ1n) is 5.86. The van der Waals surface area contributed by atoms with Gasteiger partial charge < -0.3 is 4.90 Å². The van der Waals surface area contributed by atoms with E-state index in [0.29, 0.717) is 5.69 Å². The molecule has 0 radical (unpaired) electrons. The van der Waals surface area contributed by atoms with Crippen LogP contribution in [0.2, 0.25) is 5.02 Å². The van der Waals surface area contributed by atoms with E-state index in [1.807, 2.05) is 18.2 Å². The van der Waals surface area contributed by atoms with Crippen LogP contribution in [0.1, 0.15) is 12.0 Å². The van der Waals surface area contributed by atoms with Crippen molar-refractivity contribution in [3.63, 3.8) is 0 Å². The van der Waals surface area contributed by atoms with Crippen molar-refractivity contribution in [3.05, 3.63) is 51.4 Å². The van der Waals surface area contributed by atoms with Gasteiger partial charge >= 0.3 is 0 Å². The predicted molar refractivity (Wildman–Crippen MR) is 71.6 cm³/mol. The van der Waals surface area contributed by atoms with Gasteiger partial charge in [-0.2, -0.15) is 5.10 Å². The first kappa shape index (κ1) is 11.3. The van der Waals surface area contributed by atoms with Crippen LogP contribution in [0.15, 0.2) is 35.3 Å². The van der Waals surface area contributed by atoms with Crippen LogP contribution in [-0.4, -0.2) is 16.7 Å². The Bertz CT molecular complexity index is 638. The van der Waals surface area contributed by atoms with Crippen molar-refractivity contribution in [2.45, 2.75) is 12.8 Å². The largest absolute Gasteiger partial charge is 0.339 e. The van der Waals surface area contributed by atoms with Crippen LogP contribution >= 0.6 is 11.6 Å². The topological polar surface area (TPSA) is 49.0 Å². The van der Waals surface area contributed by atoms with E-state index in [0.717, 1.165) is 25.1 Å². The number of nitrogens with zero attached hydrogens (tertiary/aromatic N) is 2. The first-order valence-corrected chi connectivity index (χ1v) is 6.24. The number of anilines is 2. The third-order valence-electron chi connectivity index (χ3n) is 3.18. The summed E-state index contributed by atoms with van der Waals surface area (Å²) in [7, 11) is 0. The molecule has 0 saturated carbocycles. The fourth-order valence-electron chi connectivity index (χ4n) is 2.35. The molecule has 1 N–H and O–H groups in total. The monoisotopic (exact) mass is 261 g/mol. The highest BCUT2D eigenvalue weighted by atomic mass is 35.5. The molecule has 0 unspecified atom stereocenters. The number of aromatic nitrogens is 2. The van der Waals surface area contributed by atoms with Crippen LogP contribution in [-0.2, 0) is 6.42 Å². The zero-order valence-corrected chi connectivity index (χ0v) is 10.4. The van der Waals surface area contributed by atoms with Gasteiger partial charge in [-0.1, -0.05) is 29.8 Å². The van der Waals surface area contributed by atoms with Crippen molar-refractivity contribution >= 4 is 23.0 Å². The van der Waals surface area contributed by atoms with Gasteiger partial charge in [0.25, 0.3) is 5.56 Å². The number of H-pyrrole nitrogens is 1. The summed E-state index contributed by atoms with van der Waals surface area (Å²) in [5.41, 5.74) is 2.71. The molecule has 0 amide bonds. The predicted octanol–water partition coefficient (Wildman–Crippen LogP) is 2.51. The Labute approximate surface area is 109 Å². The highest BCUT2D eigenvalue weighted by molar-refractivity contribution is 6.33. The summed E-state index contributed by atoms with van der Waals surface area (Å²) in [4.78, 5) is 13.6. The Balaban J connectivity index is 2.14. The van der Waals surface area contributed by atoms with Crippen molar-refractivity contribution in [1.82, 2.24) is 10.2 Å². The Morgan fingerprint density at radius 2 is 2.11 bits per heavy atom. The van der Waals surface area contributed by atoms with E-state index in [1.165, 1.54) is 5.56 Å². The molecular formula is C13H12ClN3O. The molecule has 0 spiro atoms. The van der Waals surface area contributed by atoms with Crippen LogP contribution in [0.5, 0.6) is 0 Å². The van der Waals surface area contributed by atoms with Gasteiger partial charge in [0.1, 0.15) is 5.02 Å². The second-order valence-electron chi connectivity index (χ2n) is 4.28. The van der Waals surface area contributed by atoms with Crippen molar-refractivity contribution in [1.29, 1.82) is 0 Å². The summed E-state index contributed by atoms with van der Waals surface area (Å²) in [6, 6.07) is 8.17. The summed E-state index contributed by atoms with van der Waals surface area (Å²) < 4.78 is 0. The summed E-state index contributed by atoms with van der Waals surface area (Å²) in [5.74, 6) is 0. The molecule has 0 saturated heterocycles. The lowest BCUT2D eigenvalue weighted by Crippen LogP contribution is -2.26. The van der Waals surface area contributed by atoms with Crippen LogP contribution < -0.4 is 10.5 Å². The Kier molecular flexibility index (Phi) is 2.80. The quantitative estimate of drug-likeness (QED) is 0.858. The first-order chi connectivity index (χ1) is 8.77. The summed E-state index contributed by atoms with van der Waals surface area (Å²) in [5, 5.41) is 6.36. The van der Waals surface area contributed by atoms with E-state index < -0.39 is 0 Å². The molecule has 4 nitrogen and oxygen atoms in total. The number of halogens is 1. The van der Waals surface area contributed by atoms with Gasteiger partial charge in [0.15, 0.2) is 0 Å². The highest BCUT2D eigenvalue weighted by Gasteiger charge is 2.20. The number of aryl methyl sites for hydroxylation is 1.